The molecule has 0 aromatic heterocycles. The van der Waals surface area contributed by atoms with Crippen LogP contribution in [0.5, 0.6) is 0 Å². The van der Waals surface area contributed by atoms with Gasteiger partial charge in [-0.2, -0.15) is 17.6 Å². The van der Waals surface area contributed by atoms with Crippen LogP contribution in [0.2, 0.25) is 0 Å². The second kappa shape index (κ2) is 11.0. The third-order valence-corrected chi connectivity index (χ3v) is 7.88. The van der Waals surface area contributed by atoms with E-state index in [1.165, 1.54) is 31.4 Å². The fraction of sp³-hybridized carbons (Fsp3) is 0.250. The molecule has 0 aliphatic rings. The van der Waals surface area contributed by atoms with Gasteiger partial charge in [-0.1, -0.05) is 53.1 Å². The molecule has 0 aliphatic heterocycles. The molecule has 3 aromatic carbocycles. The van der Waals surface area contributed by atoms with Gasteiger partial charge in [-0.25, -0.2) is 17.2 Å². The molecular weight excluding hydrogens is 514 g/mol. The van der Waals surface area contributed by atoms with Crippen molar-refractivity contribution in [2.45, 2.75) is 53.1 Å². The van der Waals surface area contributed by atoms with Gasteiger partial charge >= 0.3 is 17.6 Å². The Morgan fingerprint density at radius 1 is 0.657 bits per heavy atom. The Morgan fingerprint density at radius 2 is 0.914 bits per heavy atom. The Bertz CT molecular complexity index is 1100. The number of aryl methyl sites for hydroxylation is 3. The molecule has 0 radical (unpaired) electrons. The lowest BCUT2D eigenvalue weighted by atomic mass is 10.2. The first-order valence-electron chi connectivity index (χ1n) is 10.0. The zero-order chi connectivity index (χ0) is 26.6. The van der Waals surface area contributed by atoms with Crippen molar-refractivity contribution in [3.8, 4) is 0 Å². The molecule has 0 amide bonds. The molecule has 3 rings (SSSR count). The molecule has 0 bridgehead atoms. The van der Waals surface area contributed by atoms with E-state index < -0.39 is 27.7 Å². The molecule has 0 unspecified atom stereocenters. The number of rotatable bonds is 6. The van der Waals surface area contributed by atoms with E-state index in [0.717, 1.165) is 0 Å². The number of alkyl halides is 6. The van der Waals surface area contributed by atoms with Crippen molar-refractivity contribution >= 4 is 21.0 Å². The van der Waals surface area contributed by atoms with Gasteiger partial charge in [-0.15, -0.1) is 0 Å². The highest BCUT2D eigenvalue weighted by atomic mass is 32.2. The SMILES string of the molecule is Cc1ccc([S+](c2ccc(C)cc2)c2ccc(C)cc2)cc1.O=S(=O)([O-])C(F)(F)C(F)(F)C(F)F. The summed E-state index contributed by atoms with van der Waals surface area (Å²) in [7, 11) is -6.86. The fourth-order valence-corrected chi connectivity index (χ4v) is 5.19. The Hall–Kier alpha value is -2.50. The molecule has 11 heteroatoms. The van der Waals surface area contributed by atoms with Crippen molar-refractivity contribution < 1.29 is 39.3 Å². The van der Waals surface area contributed by atoms with Crippen LogP contribution in [0, 0.1) is 20.8 Å². The molecule has 0 aliphatic carbocycles. The summed E-state index contributed by atoms with van der Waals surface area (Å²) in [4.78, 5) is 4.12. The van der Waals surface area contributed by atoms with Crippen LogP contribution in [-0.4, -0.2) is 30.6 Å². The first-order valence-corrected chi connectivity index (χ1v) is 12.6. The highest BCUT2D eigenvalue weighted by molar-refractivity contribution is 7.97. The molecule has 0 heterocycles. The van der Waals surface area contributed by atoms with Crippen LogP contribution in [0.15, 0.2) is 87.5 Å². The van der Waals surface area contributed by atoms with E-state index >= 15 is 0 Å². The minimum atomic E-state index is -6.82. The van der Waals surface area contributed by atoms with Gasteiger partial charge in [-0.3, -0.25) is 0 Å². The lowest BCUT2D eigenvalue weighted by Gasteiger charge is -2.27. The third kappa shape index (κ3) is 6.80. The molecule has 190 valence electrons. The van der Waals surface area contributed by atoms with Gasteiger partial charge in [0.15, 0.2) is 24.8 Å². The van der Waals surface area contributed by atoms with Crippen LogP contribution in [0.3, 0.4) is 0 Å². The fourth-order valence-electron chi connectivity index (χ4n) is 2.72. The average Bonchev–Trinajstić information content (AvgIpc) is 2.77. The van der Waals surface area contributed by atoms with Crippen LogP contribution in [-0.2, 0) is 21.0 Å². The summed E-state index contributed by atoms with van der Waals surface area (Å²) in [5.41, 5.74) is 3.92. The molecule has 35 heavy (non-hydrogen) atoms. The van der Waals surface area contributed by atoms with Crippen molar-refractivity contribution in [1.82, 2.24) is 0 Å². The van der Waals surface area contributed by atoms with Crippen LogP contribution in [0.25, 0.3) is 0 Å². The molecule has 0 saturated carbocycles. The minimum Gasteiger partial charge on any atom is -0.743 e. The zero-order valence-corrected chi connectivity index (χ0v) is 20.4. The normalized spacial score (nSPS) is 12.5. The van der Waals surface area contributed by atoms with Crippen molar-refractivity contribution in [3.63, 3.8) is 0 Å². The van der Waals surface area contributed by atoms with Crippen molar-refractivity contribution in [2.75, 3.05) is 0 Å². The largest absolute Gasteiger partial charge is 0.743 e. The molecular formula is C24H22F6O3S2. The number of hydrogen-bond acceptors (Lipinski definition) is 3. The van der Waals surface area contributed by atoms with Gasteiger partial charge in [0.25, 0.3) is 0 Å². The topological polar surface area (TPSA) is 57.2 Å². The Labute approximate surface area is 202 Å². The molecule has 0 N–H and O–H groups in total. The van der Waals surface area contributed by atoms with E-state index in [4.69, 9.17) is 0 Å². The van der Waals surface area contributed by atoms with Gasteiger partial charge in [0.1, 0.15) is 0 Å². The molecule has 0 saturated heterocycles. The maximum atomic E-state index is 11.8. The monoisotopic (exact) mass is 536 g/mol. The third-order valence-electron chi connectivity index (χ3n) is 4.75. The molecule has 0 spiro atoms. The summed E-state index contributed by atoms with van der Waals surface area (Å²) in [5, 5.41) is -6.31. The minimum absolute atomic E-state index is 0.0394. The summed E-state index contributed by atoms with van der Waals surface area (Å²) >= 11 is 0. The summed E-state index contributed by atoms with van der Waals surface area (Å²) in [6.45, 7) is 6.42. The first-order chi connectivity index (χ1) is 16.1. The lowest BCUT2D eigenvalue weighted by molar-refractivity contribution is -0.227. The summed E-state index contributed by atoms with van der Waals surface area (Å²) in [6, 6.07) is 26.8. The van der Waals surface area contributed by atoms with E-state index in [2.05, 4.69) is 93.6 Å². The quantitative estimate of drug-likeness (QED) is 0.199. The van der Waals surface area contributed by atoms with Crippen LogP contribution < -0.4 is 0 Å². The van der Waals surface area contributed by atoms with E-state index in [-0.39, 0.29) is 10.9 Å². The van der Waals surface area contributed by atoms with Crippen LogP contribution in [0.4, 0.5) is 26.3 Å². The summed E-state index contributed by atoms with van der Waals surface area (Å²) in [5.74, 6) is -6.19. The first kappa shape index (κ1) is 28.7. The average molecular weight is 537 g/mol. The maximum absolute atomic E-state index is 11.8. The van der Waals surface area contributed by atoms with Gasteiger partial charge in [-0.05, 0) is 57.2 Å². The molecule has 0 atom stereocenters. The predicted molar refractivity (Wildman–Crippen MR) is 121 cm³/mol. The van der Waals surface area contributed by atoms with Crippen LogP contribution in [0.1, 0.15) is 16.7 Å². The number of hydrogen-bond donors (Lipinski definition) is 0. The maximum Gasteiger partial charge on any atom is 0.402 e. The Balaban J connectivity index is 0.000000287. The van der Waals surface area contributed by atoms with Gasteiger partial charge in [0.2, 0.25) is 0 Å². The number of benzene rings is 3. The lowest BCUT2D eigenvalue weighted by Crippen LogP contribution is -2.51. The van der Waals surface area contributed by atoms with Gasteiger partial charge < -0.3 is 4.55 Å². The Kier molecular flexibility index (Phi) is 9.07. The predicted octanol–water partition coefficient (Wildman–Crippen LogP) is 6.73. The highest BCUT2D eigenvalue weighted by Gasteiger charge is 2.67. The second-order valence-corrected chi connectivity index (χ2v) is 11.1. The zero-order valence-electron chi connectivity index (χ0n) is 18.8. The Morgan fingerprint density at radius 3 is 1.09 bits per heavy atom. The standard InChI is InChI=1S/C21H21S.C3H2F6O3S/c1-16-4-10-19(11-5-16)22(20-12-6-17(2)7-13-20)21-14-8-18(3)9-15-21;4-1(5)2(6,7)3(8,9)13(10,11)12/h4-15H,1-3H3;1H,(H,10,11,12)/q+1;/p-1. The highest BCUT2D eigenvalue weighted by Crippen LogP contribution is 2.42. The van der Waals surface area contributed by atoms with Crippen molar-refractivity contribution in [1.29, 1.82) is 0 Å². The summed E-state index contributed by atoms with van der Waals surface area (Å²) in [6.07, 6.45) is -4.94. The second-order valence-electron chi connectivity index (χ2n) is 7.64. The smallest absolute Gasteiger partial charge is 0.402 e. The van der Waals surface area contributed by atoms with Crippen molar-refractivity contribution in [3.05, 3.63) is 89.5 Å². The van der Waals surface area contributed by atoms with Crippen molar-refractivity contribution in [2.24, 2.45) is 0 Å². The molecule has 3 aromatic rings. The van der Waals surface area contributed by atoms with Gasteiger partial charge in [0.05, 0.1) is 10.9 Å². The van der Waals surface area contributed by atoms with Gasteiger partial charge in [0, 0.05) is 0 Å². The summed E-state index contributed by atoms with van der Waals surface area (Å²) < 4.78 is 98.0. The van der Waals surface area contributed by atoms with E-state index in [1.54, 1.807) is 0 Å². The van der Waals surface area contributed by atoms with E-state index in [9.17, 15) is 39.3 Å². The number of halogens is 6. The van der Waals surface area contributed by atoms with E-state index in [0.29, 0.717) is 0 Å². The molecule has 0 fully saturated rings. The van der Waals surface area contributed by atoms with E-state index in [1.807, 2.05) is 0 Å². The van der Waals surface area contributed by atoms with Crippen LogP contribution >= 0.6 is 0 Å². The molecule has 3 nitrogen and oxygen atoms in total.